The number of rotatable bonds is 3. The highest BCUT2D eigenvalue weighted by Crippen LogP contribution is 2.37. The van der Waals surface area contributed by atoms with Gasteiger partial charge in [-0.2, -0.15) is 13.2 Å². The normalized spacial score (nSPS) is 21.9. The van der Waals surface area contributed by atoms with E-state index in [1.54, 1.807) is 0 Å². The van der Waals surface area contributed by atoms with Gasteiger partial charge in [0.05, 0.1) is 5.75 Å². The first-order valence-corrected chi connectivity index (χ1v) is 7.88. The quantitative estimate of drug-likeness (QED) is 0.775. The molecule has 1 heterocycles. The zero-order chi connectivity index (χ0) is 13.3. The van der Waals surface area contributed by atoms with Crippen LogP contribution in [0.3, 0.4) is 0 Å². The molecule has 1 rings (SSSR count). The maximum absolute atomic E-state index is 12.5. The molecule has 1 saturated heterocycles. The second kappa shape index (κ2) is 5.05. The number of alkyl halides is 3. The molecule has 0 spiro atoms. The number of carbonyl (C=O) groups excluding carboxylic acids is 1. The summed E-state index contributed by atoms with van der Waals surface area (Å²) in [6.07, 6.45) is -3.92. The lowest BCUT2D eigenvalue weighted by Crippen LogP contribution is -2.43. The zero-order valence-electron chi connectivity index (χ0n) is 9.03. The molecule has 1 unspecified atom stereocenters. The summed E-state index contributed by atoms with van der Waals surface area (Å²) in [7, 11) is -3.34. The lowest BCUT2D eigenvalue weighted by Gasteiger charge is -2.25. The van der Waals surface area contributed by atoms with Crippen molar-refractivity contribution in [1.29, 1.82) is 0 Å². The Morgan fingerprint density at radius 1 is 1.47 bits per heavy atom. The van der Waals surface area contributed by atoms with Gasteiger partial charge in [0, 0.05) is 25.0 Å². The second-order valence-electron chi connectivity index (χ2n) is 3.73. The van der Waals surface area contributed by atoms with Crippen LogP contribution in [0.15, 0.2) is 0 Å². The molecular weight excluding hydrogens is 279 g/mol. The highest BCUT2D eigenvalue weighted by Gasteiger charge is 2.48. The van der Waals surface area contributed by atoms with Crippen molar-refractivity contribution in [3.8, 4) is 0 Å². The van der Waals surface area contributed by atoms with Gasteiger partial charge in [0.2, 0.25) is 5.91 Å². The number of amides is 1. The first kappa shape index (κ1) is 14.6. The van der Waals surface area contributed by atoms with Gasteiger partial charge in [-0.3, -0.25) is 4.79 Å². The summed E-state index contributed by atoms with van der Waals surface area (Å²) in [6.45, 7) is 0.0113. The van der Waals surface area contributed by atoms with E-state index < -0.39 is 39.5 Å². The van der Waals surface area contributed by atoms with Gasteiger partial charge in [-0.15, -0.1) is 11.8 Å². The maximum atomic E-state index is 12.5. The van der Waals surface area contributed by atoms with Crippen LogP contribution in [0, 0.1) is 0 Å². The van der Waals surface area contributed by atoms with Gasteiger partial charge in [0.25, 0.3) is 0 Å². The maximum Gasteiger partial charge on any atom is 0.418 e. The molecule has 4 nitrogen and oxygen atoms in total. The lowest BCUT2D eigenvalue weighted by atomic mass is 10.3. The Hall–Kier alpha value is -0.440. The Bertz CT molecular complexity index is 393. The van der Waals surface area contributed by atoms with E-state index >= 15 is 0 Å². The minimum atomic E-state index is -4.47. The number of hydrogen-bond donors (Lipinski definition) is 0. The fourth-order valence-electron chi connectivity index (χ4n) is 1.41. The number of hydrogen-bond acceptors (Lipinski definition) is 4. The molecule has 1 aliphatic heterocycles. The van der Waals surface area contributed by atoms with Crippen molar-refractivity contribution in [2.24, 2.45) is 0 Å². The Balaban J connectivity index is 2.63. The van der Waals surface area contributed by atoms with Crippen molar-refractivity contribution in [3.63, 3.8) is 0 Å². The van der Waals surface area contributed by atoms with Crippen LogP contribution in [-0.4, -0.2) is 55.1 Å². The van der Waals surface area contributed by atoms with Gasteiger partial charge in [-0.1, -0.05) is 0 Å². The zero-order valence-corrected chi connectivity index (χ0v) is 10.7. The molecular formula is C8H12F3NO3S2. The van der Waals surface area contributed by atoms with Crippen LogP contribution in [0.5, 0.6) is 0 Å². The van der Waals surface area contributed by atoms with Crippen molar-refractivity contribution >= 4 is 27.5 Å². The number of carbonyl (C=O) groups is 1. The van der Waals surface area contributed by atoms with E-state index in [-0.39, 0.29) is 12.3 Å². The number of thioether (sulfide) groups is 1. The van der Waals surface area contributed by atoms with Crippen LogP contribution < -0.4 is 0 Å². The number of nitrogens with zero attached hydrogens (tertiary/aromatic N) is 1. The SMILES string of the molecule is CS(=O)(=O)CCC(=O)N1CCSC1C(F)(F)F. The molecule has 0 N–H and O–H groups in total. The number of sulfone groups is 1. The fourth-order valence-corrected chi connectivity index (χ4v) is 3.08. The van der Waals surface area contributed by atoms with Crippen LogP contribution in [0.1, 0.15) is 6.42 Å². The predicted molar refractivity (Wildman–Crippen MR) is 58.3 cm³/mol. The first-order chi connectivity index (χ1) is 7.61. The van der Waals surface area contributed by atoms with E-state index in [0.29, 0.717) is 16.7 Å². The summed E-state index contributed by atoms with van der Waals surface area (Å²) in [5.74, 6) is -0.963. The van der Waals surface area contributed by atoms with E-state index in [9.17, 15) is 26.4 Å². The monoisotopic (exact) mass is 291 g/mol. The molecule has 0 saturated carbocycles. The summed E-state index contributed by atoms with van der Waals surface area (Å²) in [5.41, 5.74) is 0. The molecule has 0 radical (unpaired) electrons. The standard InChI is InChI=1S/C8H12F3NO3S2/c1-17(14,15)5-2-6(13)12-3-4-16-7(12)8(9,10)11/h7H,2-5H2,1H3. The van der Waals surface area contributed by atoms with E-state index in [4.69, 9.17) is 0 Å². The van der Waals surface area contributed by atoms with Gasteiger partial charge in [-0.05, 0) is 0 Å². The average molecular weight is 291 g/mol. The van der Waals surface area contributed by atoms with Crippen molar-refractivity contribution in [2.75, 3.05) is 24.3 Å². The molecule has 1 amide bonds. The third-order valence-corrected chi connectivity index (χ3v) is 4.38. The summed E-state index contributed by atoms with van der Waals surface area (Å²) in [6, 6.07) is 0. The van der Waals surface area contributed by atoms with E-state index in [1.807, 2.05) is 0 Å². The van der Waals surface area contributed by atoms with Crippen LogP contribution >= 0.6 is 11.8 Å². The first-order valence-electron chi connectivity index (χ1n) is 4.77. The van der Waals surface area contributed by atoms with E-state index in [0.717, 1.165) is 6.26 Å². The van der Waals surface area contributed by atoms with Gasteiger partial charge >= 0.3 is 6.18 Å². The Morgan fingerprint density at radius 3 is 2.53 bits per heavy atom. The van der Waals surface area contributed by atoms with Gasteiger partial charge in [0.1, 0.15) is 9.84 Å². The average Bonchev–Trinajstić information content (AvgIpc) is 2.60. The van der Waals surface area contributed by atoms with Crippen LogP contribution in [0.2, 0.25) is 0 Å². The molecule has 0 aromatic rings. The molecule has 9 heteroatoms. The molecule has 0 aromatic carbocycles. The minimum absolute atomic E-state index is 0.0113. The molecule has 0 aliphatic carbocycles. The van der Waals surface area contributed by atoms with Crippen molar-refractivity contribution in [1.82, 2.24) is 4.90 Å². The summed E-state index contributed by atoms with van der Waals surface area (Å²) in [4.78, 5) is 12.2. The molecule has 1 fully saturated rings. The topological polar surface area (TPSA) is 54.5 Å². The van der Waals surface area contributed by atoms with Crippen molar-refractivity contribution in [3.05, 3.63) is 0 Å². The summed E-state index contributed by atoms with van der Waals surface area (Å²) < 4.78 is 59.2. The third-order valence-electron chi connectivity index (χ3n) is 2.18. The smallest absolute Gasteiger partial charge is 0.321 e. The van der Waals surface area contributed by atoms with Crippen molar-refractivity contribution in [2.45, 2.75) is 18.0 Å². The Labute approximate surface area is 101 Å². The molecule has 0 bridgehead atoms. The highest BCUT2D eigenvalue weighted by atomic mass is 32.2. The minimum Gasteiger partial charge on any atom is -0.321 e. The summed E-state index contributed by atoms with van der Waals surface area (Å²) in [5, 5.41) is -1.84. The summed E-state index contributed by atoms with van der Waals surface area (Å²) >= 11 is 0.650. The molecule has 1 aliphatic rings. The van der Waals surface area contributed by atoms with Crippen LogP contribution in [0.4, 0.5) is 13.2 Å². The molecule has 1 atom stereocenters. The van der Waals surface area contributed by atoms with Crippen LogP contribution in [0.25, 0.3) is 0 Å². The highest BCUT2D eigenvalue weighted by molar-refractivity contribution is 8.00. The van der Waals surface area contributed by atoms with Gasteiger partial charge < -0.3 is 4.90 Å². The molecule has 0 aromatic heterocycles. The predicted octanol–water partition coefficient (Wildman–Crippen LogP) is 0.885. The number of halogens is 3. The molecule has 17 heavy (non-hydrogen) atoms. The van der Waals surface area contributed by atoms with E-state index in [2.05, 4.69) is 0 Å². The van der Waals surface area contributed by atoms with Crippen LogP contribution in [-0.2, 0) is 14.6 Å². The largest absolute Gasteiger partial charge is 0.418 e. The molecule has 100 valence electrons. The van der Waals surface area contributed by atoms with E-state index in [1.165, 1.54) is 0 Å². The third kappa shape index (κ3) is 4.38. The van der Waals surface area contributed by atoms with Gasteiger partial charge in [0.15, 0.2) is 5.37 Å². The Morgan fingerprint density at radius 2 is 2.06 bits per heavy atom. The lowest BCUT2D eigenvalue weighted by molar-refractivity contribution is -0.166. The Kier molecular flexibility index (Phi) is 4.34. The second-order valence-corrected chi connectivity index (χ2v) is 7.18. The fraction of sp³-hybridized carbons (Fsp3) is 0.875. The van der Waals surface area contributed by atoms with Gasteiger partial charge in [-0.25, -0.2) is 8.42 Å². The van der Waals surface area contributed by atoms with Crippen molar-refractivity contribution < 1.29 is 26.4 Å².